The monoisotopic (exact) mass is 197 g/mol. The Kier molecular flexibility index (Phi) is 5.30. The van der Waals surface area contributed by atoms with Crippen LogP contribution in [0.1, 0.15) is 13.8 Å². The number of rotatable bonds is 4. The van der Waals surface area contributed by atoms with E-state index in [4.69, 9.17) is 5.26 Å². The summed E-state index contributed by atoms with van der Waals surface area (Å²) in [6.45, 7) is 3.85. The Balaban J connectivity index is 4.09. The maximum absolute atomic E-state index is 11.3. The Morgan fingerprint density at radius 2 is 2.14 bits per heavy atom. The molecule has 0 heterocycles. The van der Waals surface area contributed by atoms with Crippen LogP contribution in [0.25, 0.3) is 0 Å². The Morgan fingerprint density at radius 3 is 2.57 bits per heavy atom. The fourth-order valence-corrected chi connectivity index (χ4v) is 0.932. The van der Waals surface area contributed by atoms with E-state index in [-0.39, 0.29) is 18.4 Å². The van der Waals surface area contributed by atoms with Crippen molar-refractivity contribution in [2.24, 2.45) is 5.92 Å². The number of amides is 2. The number of nitrogens with one attached hydrogen (secondary N) is 1. The third kappa shape index (κ3) is 3.90. The predicted molar refractivity (Wildman–Crippen MR) is 51.1 cm³/mol. The van der Waals surface area contributed by atoms with Gasteiger partial charge in [-0.05, 0) is 13.8 Å². The van der Waals surface area contributed by atoms with Crippen molar-refractivity contribution in [3.05, 3.63) is 0 Å². The highest BCUT2D eigenvalue weighted by molar-refractivity contribution is 5.86. The van der Waals surface area contributed by atoms with Gasteiger partial charge in [0.15, 0.2) is 0 Å². The Hall–Kier alpha value is -1.57. The molecule has 0 aromatic rings. The third-order valence-electron chi connectivity index (χ3n) is 1.70. The van der Waals surface area contributed by atoms with Crippen molar-refractivity contribution in [3.8, 4) is 6.07 Å². The third-order valence-corrected chi connectivity index (χ3v) is 1.70. The lowest BCUT2D eigenvalue weighted by molar-refractivity contribution is -0.136. The zero-order chi connectivity index (χ0) is 11.1. The summed E-state index contributed by atoms with van der Waals surface area (Å²) in [7, 11) is 1.51. The molecule has 2 amide bonds. The molecule has 0 fully saturated rings. The van der Waals surface area contributed by atoms with Crippen LogP contribution >= 0.6 is 0 Å². The minimum Gasteiger partial charge on any atom is -0.355 e. The van der Waals surface area contributed by atoms with Crippen molar-refractivity contribution in [1.29, 1.82) is 5.26 Å². The van der Waals surface area contributed by atoms with Crippen LogP contribution in [0.3, 0.4) is 0 Å². The van der Waals surface area contributed by atoms with Crippen LogP contribution in [0.15, 0.2) is 0 Å². The molecule has 0 rings (SSSR count). The summed E-state index contributed by atoms with van der Waals surface area (Å²) in [5, 5.41) is 11.1. The average molecular weight is 197 g/mol. The van der Waals surface area contributed by atoms with Crippen molar-refractivity contribution >= 4 is 11.8 Å². The van der Waals surface area contributed by atoms with Crippen molar-refractivity contribution in [3.63, 3.8) is 0 Å². The number of nitriles is 1. The molecule has 0 aliphatic carbocycles. The zero-order valence-electron chi connectivity index (χ0n) is 8.70. The molecule has 14 heavy (non-hydrogen) atoms. The van der Waals surface area contributed by atoms with Crippen LogP contribution in [0.5, 0.6) is 0 Å². The molecule has 5 heteroatoms. The summed E-state index contributed by atoms with van der Waals surface area (Å²) in [5.41, 5.74) is 0. The SMILES string of the molecule is CCNC(=O)CN(C)C(=O)C(C)C#N. The van der Waals surface area contributed by atoms with Gasteiger partial charge in [-0.2, -0.15) is 5.26 Å². The number of carbonyl (C=O) groups excluding carboxylic acids is 2. The van der Waals surface area contributed by atoms with Crippen molar-refractivity contribution < 1.29 is 9.59 Å². The highest BCUT2D eigenvalue weighted by Gasteiger charge is 2.18. The summed E-state index contributed by atoms with van der Waals surface area (Å²) >= 11 is 0. The molecule has 0 spiro atoms. The summed E-state index contributed by atoms with van der Waals surface area (Å²) < 4.78 is 0. The van der Waals surface area contributed by atoms with Gasteiger partial charge < -0.3 is 10.2 Å². The molecule has 0 aliphatic heterocycles. The second-order valence-corrected chi connectivity index (χ2v) is 3.00. The highest BCUT2D eigenvalue weighted by Crippen LogP contribution is 1.98. The molecule has 0 saturated heterocycles. The minimum absolute atomic E-state index is 0.00130. The van der Waals surface area contributed by atoms with Crippen LogP contribution < -0.4 is 5.32 Å². The smallest absolute Gasteiger partial charge is 0.239 e. The second kappa shape index (κ2) is 5.97. The maximum atomic E-state index is 11.3. The van der Waals surface area contributed by atoms with Crippen LogP contribution in [-0.2, 0) is 9.59 Å². The van der Waals surface area contributed by atoms with Gasteiger partial charge in [-0.1, -0.05) is 0 Å². The van der Waals surface area contributed by atoms with Gasteiger partial charge in [-0.3, -0.25) is 9.59 Å². The molecule has 1 atom stereocenters. The van der Waals surface area contributed by atoms with Crippen LogP contribution in [0.4, 0.5) is 0 Å². The number of likely N-dealkylation sites (N-methyl/N-ethyl adjacent to an activating group) is 2. The second-order valence-electron chi connectivity index (χ2n) is 3.00. The van der Waals surface area contributed by atoms with Gasteiger partial charge in [0.05, 0.1) is 12.6 Å². The number of nitrogens with zero attached hydrogens (tertiary/aromatic N) is 2. The van der Waals surface area contributed by atoms with Gasteiger partial charge in [0.1, 0.15) is 5.92 Å². The van der Waals surface area contributed by atoms with Gasteiger partial charge in [0, 0.05) is 13.6 Å². The molecule has 1 unspecified atom stereocenters. The van der Waals surface area contributed by atoms with Crippen LogP contribution in [0.2, 0.25) is 0 Å². The van der Waals surface area contributed by atoms with E-state index in [0.717, 1.165) is 0 Å². The lowest BCUT2D eigenvalue weighted by Crippen LogP contribution is -2.40. The van der Waals surface area contributed by atoms with Gasteiger partial charge in [0.2, 0.25) is 11.8 Å². The van der Waals surface area contributed by atoms with E-state index >= 15 is 0 Å². The first-order valence-electron chi connectivity index (χ1n) is 4.44. The molecule has 5 nitrogen and oxygen atoms in total. The van der Waals surface area contributed by atoms with Crippen LogP contribution in [-0.4, -0.2) is 36.9 Å². The molecular formula is C9H15N3O2. The fraction of sp³-hybridized carbons (Fsp3) is 0.667. The summed E-state index contributed by atoms with van der Waals surface area (Å²) in [5.74, 6) is -1.25. The molecule has 0 aromatic carbocycles. The lowest BCUT2D eigenvalue weighted by Gasteiger charge is -2.17. The summed E-state index contributed by atoms with van der Waals surface area (Å²) in [6, 6.07) is 1.83. The molecule has 0 aromatic heterocycles. The Morgan fingerprint density at radius 1 is 1.57 bits per heavy atom. The maximum Gasteiger partial charge on any atom is 0.239 e. The molecule has 78 valence electrons. The van der Waals surface area contributed by atoms with Gasteiger partial charge in [-0.15, -0.1) is 0 Å². The van der Waals surface area contributed by atoms with Crippen molar-refractivity contribution in [2.75, 3.05) is 20.1 Å². The van der Waals surface area contributed by atoms with E-state index in [9.17, 15) is 9.59 Å². The van der Waals surface area contributed by atoms with Crippen LogP contribution in [0, 0.1) is 17.2 Å². The van der Waals surface area contributed by atoms with E-state index < -0.39 is 5.92 Å². The zero-order valence-corrected chi connectivity index (χ0v) is 8.70. The summed E-state index contributed by atoms with van der Waals surface area (Å²) in [4.78, 5) is 23.7. The first kappa shape index (κ1) is 12.4. The van der Waals surface area contributed by atoms with E-state index in [1.165, 1.54) is 18.9 Å². The van der Waals surface area contributed by atoms with E-state index in [2.05, 4.69) is 5.32 Å². The first-order valence-corrected chi connectivity index (χ1v) is 4.44. The highest BCUT2D eigenvalue weighted by atomic mass is 16.2. The number of hydrogen-bond donors (Lipinski definition) is 1. The molecule has 0 bridgehead atoms. The van der Waals surface area contributed by atoms with Gasteiger partial charge in [0.25, 0.3) is 0 Å². The average Bonchev–Trinajstić information content (AvgIpc) is 2.15. The first-order chi connectivity index (χ1) is 6.52. The van der Waals surface area contributed by atoms with Crippen molar-refractivity contribution in [1.82, 2.24) is 10.2 Å². The Labute approximate surface area is 83.7 Å². The predicted octanol–water partition coefficient (Wildman–Crippen LogP) is -0.259. The quantitative estimate of drug-likeness (QED) is 0.674. The topological polar surface area (TPSA) is 73.2 Å². The van der Waals surface area contributed by atoms with E-state index in [1.54, 1.807) is 6.92 Å². The van der Waals surface area contributed by atoms with E-state index in [1.807, 2.05) is 6.07 Å². The molecule has 0 radical (unpaired) electrons. The van der Waals surface area contributed by atoms with Gasteiger partial charge in [-0.25, -0.2) is 0 Å². The largest absolute Gasteiger partial charge is 0.355 e. The number of carbonyl (C=O) groups is 2. The molecule has 0 saturated carbocycles. The van der Waals surface area contributed by atoms with Gasteiger partial charge >= 0.3 is 0 Å². The Bertz CT molecular complexity index is 257. The molecule has 1 N–H and O–H groups in total. The fourth-order valence-electron chi connectivity index (χ4n) is 0.932. The standard InChI is InChI=1S/C9H15N3O2/c1-4-11-8(13)6-12(3)9(14)7(2)5-10/h7H,4,6H2,1-3H3,(H,11,13). The summed E-state index contributed by atoms with van der Waals surface area (Å²) in [6.07, 6.45) is 0. The minimum atomic E-state index is -0.700. The normalized spacial score (nSPS) is 11.3. The number of hydrogen-bond acceptors (Lipinski definition) is 3. The lowest BCUT2D eigenvalue weighted by atomic mass is 10.2. The van der Waals surface area contributed by atoms with E-state index in [0.29, 0.717) is 6.54 Å². The van der Waals surface area contributed by atoms with Crippen molar-refractivity contribution in [2.45, 2.75) is 13.8 Å². The molecule has 0 aliphatic rings. The molecular weight excluding hydrogens is 182 g/mol.